The summed E-state index contributed by atoms with van der Waals surface area (Å²) in [6, 6.07) is 9.23. The third-order valence-electron chi connectivity index (χ3n) is 6.54. The number of nitro benzene ring substituents is 1. The maximum absolute atomic E-state index is 13.0. The number of alkyl halides is 3. The molecule has 0 bridgehead atoms. The van der Waals surface area contributed by atoms with Crippen LogP contribution in [0.5, 0.6) is 0 Å². The van der Waals surface area contributed by atoms with E-state index in [1.807, 2.05) is 18.7 Å². The van der Waals surface area contributed by atoms with Gasteiger partial charge in [-0.15, -0.1) is 0 Å². The summed E-state index contributed by atoms with van der Waals surface area (Å²) in [6.07, 6.45) is -3.76. The molecule has 1 aromatic heterocycles. The highest BCUT2D eigenvalue weighted by molar-refractivity contribution is 5.95. The highest BCUT2D eigenvalue weighted by Crippen LogP contribution is 2.32. The fourth-order valence-corrected chi connectivity index (χ4v) is 4.44. The molecule has 0 radical (unpaired) electrons. The van der Waals surface area contributed by atoms with Crippen LogP contribution in [-0.2, 0) is 12.6 Å². The molecule has 1 aliphatic rings. The number of nitro groups is 1. The van der Waals surface area contributed by atoms with Crippen molar-refractivity contribution in [3.8, 4) is 11.4 Å². The Balaban J connectivity index is 1.55. The van der Waals surface area contributed by atoms with Crippen LogP contribution >= 0.6 is 0 Å². The van der Waals surface area contributed by atoms with Crippen molar-refractivity contribution in [1.82, 2.24) is 14.9 Å². The second-order valence-corrected chi connectivity index (χ2v) is 8.90. The standard InChI is InChI=1S/C26H26F3N5O3/c1-4-21-17(3)30-23(18-7-9-20(10-8-18)26(27,28)29)31-24(21)32-11-13-33(14-12-32)25(35)19-6-5-16(2)22(15-19)34(36)37/h5-10,15H,4,11-14H2,1-3H3. The van der Waals surface area contributed by atoms with E-state index in [1.165, 1.54) is 18.2 Å². The van der Waals surface area contributed by atoms with E-state index in [0.717, 1.165) is 23.4 Å². The number of hydrogen-bond donors (Lipinski definition) is 0. The lowest BCUT2D eigenvalue weighted by molar-refractivity contribution is -0.385. The van der Waals surface area contributed by atoms with Crippen LogP contribution < -0.4 is 4.90 Å². The molecule has 4 rings (SSSR count). The summed E-state index contributed by atoms with van der Waals surface area (Å²) in [5, 5.41) is 11.3. The first-order valence-electron chi connectivity index (χ1n) is 11.8. The lowest BCUT2D eigenvalue weighted by Gasteiger charge is -2.36. The predicted molar refractivity (Wildman–Crippen MR) is 133 cm³/mol. The number of hydrogen-bond acceptors (Lipinski definition) is 6. The lowest BCUT2D eigenvalue weighted by atomic mass is 10.1. The third kappa shape index (κ3) is 5.40. The number of benzene rings is 2. The van der Waals surface area contributed by atoms with E-state index in [2.05, 4.69) is 4.98 Å². The van der Waals surface area contributed by atoms with Crippen LogP contribution in [0.1, 0.15) is 39.7 Å². The number of carbonyl (C=O) groups excluding carboxylic acids is 1. The quantitative estimate of drug-likeness (QED) is 0.344. The molecule has 1 aliphatic heterocycles. The molecule has 1 saturated heterocycles. The van der Waals surface area contributed by atoms with Gasteiger partial charge < -0.3 is 9.80 Å². The van der Waals surface area contributed by atoms with Gasteiger partial charge in [0, 0.05) is 60.2 Å². The zero-order valence-electron chi connectivity index (χ0n) is 20.7. The summed E-state index contributed by atoms with van der Waals surface area (Å²) in [4.78, 5) is 36.7. The first kappa shape index (κ1) is 26.1. The van der Waals surface area contributed by atoms with Crippen molar-refractivity contribution in [3.63, 3.8) is 0 Å². The molecule has 194 valence electrons. The van der Waals surface area contributed by atoms with Gasteiger partial charge in [-0.2, -0.15) is 13.2 Å². The first-order chi connectivity index (χ1) is 17.5. The second-order valence-electron chi connectivity index (χ2n) is 8.90. The van der Waals surface area contributed by atoms with Crippen molar-refractivity contribution in [3.05, 3.63) is 80.5 Å². The van der Waals surface area contributed by atoms with Crippen molar-refractivity contribution in [2.24, 2.45) is 0 Å². The van der Waals surface area contributed by atoms with E-state index in [1.54, 1.807) is 24.0 Å². The van der Waals surface area contributed by atoms with Crippen LogP contribution in [-0.4, -0.2) is 51.9 Å². The Morgan fingerprint density at radius 3 is 2.24 bits per heavy atom. The highest BCUT2D eigenvalue weighted by atomic mass is 19.4. The number of nitrogens with zero attached hydrogens (tertiary/aromatic N) is 5. The fourth-order valence-electron chi connectivity index (χ4n) is 4.44. The van der Waals surface area contributed by atoms with E-state index in [0.29, 0.717) is 55.4 Å². The van der Waals surface area contributed by atoms with Gasteiger partial charge in [-0.1, -0.05) is 25.1 Å². The van der Waals surface area contributed by atoms with Gasteiger partial charge in [-0.3, -0.25) is 14.9 Å². The van der Waals surface area contributed by atoms with Crippen molar-refractivity contribution in [1.29, 1.82) is 0 Å². The Hall–Kier alpha value is -4.02. The predicted octanol–water partition coefficient (Wildman–Crippen LogP) is 5.21. The van der Waals surface area contributed by atoms with Gasteiger partial charge >= 0.3 is 6.18 Å². The zero-order chi connectivity index (χ0) is 26.9. The molecule has 37 heavy (non-hydrogen) atoms. The molecule has 0 N–H and O–H groups in total. The van der Waals surface area contributed by atoms with Gasteiger partial charge in [-0.05, 0) is 38.5 Å². The molecule has 11 heteroatoms. The number of halogens is 3. The Bertz CT molecular complexity index is 1330. The van der Waals surface area contributed by atoms with Crippen molar-refractivity contribution < 1.29 is 22.9 Å². The molecule has 0 spiro atoms. The smallest absolute Gasteiger partial charge is 0.353 e. The molecule has 3 aromatic rings. The summed E-state index contributed by atoms with van der Waals surface area (Å²) < 4.78 is 38.9. The minimum absolute atomic E-state index is 0.0932. The molecule has 1 fully saturated rings. The number of carbonyl (C=O) groups is 1. The molecule has 8 nitrogen and oxygen atoms in total. The largest absolute Gasteiger partial charge is 0.416 e. The average molecular weight is 514 g/mol. The van der Waals surface area contributed by atoms with E-state index in [-0.39, 0.29) is 17.2 Å². The second kappa shape index (κ2) is 10.2. The van der Waals surface area contributed by atoms with Crippen molar-refractivity contribution in [2.75, 3.05) is 31.1 Å². The van der Waals surface area contributed by atoms with Crippen LogP contribution in [0.3, 0.4) is 0 Å². The zero-order valence-corrected chi connectivity index (χ0v) is 20.7. The van der Waals surface area contributed by atoms with E-state index in [4.69, 9.17) is 4.98 Å². The van der Waals surface area contributed by atoms with Crippen LogP contribution in [0.15, 0.2) is 42.5 Å². The fraction of sp³-hybridized carbons (Fsp3) is 0.346. The average Bonchev–Trinajstić information content (AvgIpc) is 2.87. The van der Waals surface area contributed by atoms with Crippen LogP contribution in [0.2, 0.25) is 0 Å². The van der Waals surface area contributed by atoms with Gasteiger partial charge in [0.1, 0.15) is 5.82 Å². The summed E-state index contributed by atoms with van der Waals surface area (Å²) in [7, 11) is 0. The van der Waals surface area contributed by atoms with Gasteiger partial charge in [0.15, 0.2) is 5.82 Å². The Morgan fingerprint density at radius 2 is 1.68 bits per heavy atom. The minimum Gasteiger partial charge on any atom is -0.353 e. The van der Waals surface area contributed by atoms with Crippen LogP contribution in [0.25, 0.3) is 11.4 Å². The number of aryl methyl sites for hydroxylation is 2. The molecule has 2 heterocycles. The summed E-state index contributed by atoms with van der Waals surface area (Å²) in [5.41, 5.74) is 2.08. The number of anilines is 1. The number of amides is 1. The van der Waals surface area contributed by atoms with Crippen molar-refractivity contribution in [2.45, 2.75) is 33.4 Å². The molecule has 0 saturated carbocycles. The van der Waals surface area contributed by atoms with Crippen LogP contribution in [0.4, 0.5) is 24.7 Å². The van der Waals surface area contributed by atoms with E-state index < -0.39 is 16.7 Å². The van der Waals surface area contributed by atoms with E-state index >= 15 is 0 Å². The van der Waals surface area contributed by atoms with E-state index in [9.17, 15) is 28.1 Å². The molecule has 2 aromatic carbocycles. The van der Waals surface area contributed by atoms with Gasteiger partial charge in [0.25, 0.3) is 11.6 Å². The van der Waals surface area contributed by atoms with Gasteiger partial charge in [0.2, 0.25) is 0 Å². The molecule has 0 unspecified atom stereocenters. The summed E-state index contributed by atoms with van der Waals surface area (Å²) in [5.74, 6) is 0.759. The van der Waals surface area contributed by atoms with Crippen molar-refractivity contribution >= 4 is 17.4 Å². The number of piperazine rings is 1. The highest BCUT2D eigenvalue weighted by Gasteiger charge is 2.30. The Labute approximate surface area is 211 Å². The summed E-state index contributed by atoms with van der Waals surface area (Å²) >= 11 is 0. The van der Waals surface area contributed by atoms with Gasteiger partial charge in [-0.25, -0.2) is 9.97 Å². The molecule has 1 amide bonds. The molecule has 0 atom stereocenters. The Morgan fingerprint density at radius 1 is 1.03 bits per heavy atom. The van der Waals surface area contributed by atoms with Crippen LogP contribution in [0, 0.1) is 24.0 Å². The Kier molecular flexibility index (Phi) is 7.15. The topological polar surface area (TPSA) is 92.5 Å². The molecule has 0 aliphatic carbocycles. The minimum atomic E-state index is -4.42. The SMILES string of the molecule is CCc1c(C)nc(-c2ccc(C(F)(F)F)cc2)nc1N1CCN(C(=O)c2ccc(C)c([N+](=O)[O-])c2)CC1. The maximum atomic E-state index is 13.0. The van der Waals surface area contributed by atoms with Gasteiger partial charge in [0.05, 0.1) is 10.5 Å². The monoisotopic (exact) mass is 513 g/mol. The number of rotatable bonds is 5. The maximum Gasteiger partial charge on any atom is 0.416 e. The molecular formula is C26H26F3N5O3. The lowest BCUT2D eigenvalue weighted by Crippen LogP contribution is -2.49. The summed E-state index contributed by atoms with van der Waals surface area (Å²) in [6.45, 7) is 7.20. The first-order valence-corrected chi connectivity index (χ1v) is 11.8. The molecular weight excluding hydrogens is 487 g/mol. The number of aromatic nitrogens is 2. The third-order valence-corrected chi connectivity index (χ3v) is 6.54. The normalized spacial score (nSPS) is 14.1.